The lowest BCUT2D eigenvalue weighted by Crippen LogP contribution is -2.42. The summed E-state index contributed by atoms with van der Waals surface area (Å²) in [6, 6.07) is 10.3. The second-order valence-electron chi connectivity index (χ2n) is 7.08. The molecule has 0 N–H and O–H groups in total. The van der Waals surface area contributed by atoms with Gasteiger partial charge >= 0.3 is 11.7 Å². The van der Waals surface area contributed by atoms with Crippen molar-refractivity contribution in [2.45, 2.75) is 6.92 Å². The first-order chi connectivity index (χ1) is 15.0. The summed E-state index contributed by atoms with van der Waals surface area (Å²) in [7, 11) is 3.09. The van der Waals surface area contributed by atoms with Crippen LogP contribution in [0.3, 0.4) is 0 Å². The van der Waals surface area contributed by atoms with Gasteiger partial charge in [-0.3, -0.25) is 0 Å². The summed E-state index contributed by atoms with van der Waals surface area (Å²) in [6.45, 7) is 3.79. The third-order valence-electron chi connectivity index (χ3n) is 5.29. The number of nitrogens with zero attached hydrogens (tertiary/aromatic N) is 1. The van der Waals surface area contributed by atoms with Gasteiger partial charge in [0.25, 0.3) is 0 Å². The largest absolute Gasteiger partial charge is 0.493 e. The molecule has 4 rings (SSSR count). The molecule has 2 aromatic carbocycles. The maximum atomic E-state index is 12.8. The van der Waals surface area contributed by atoms with Gasteiger partial charge in [0.2, 0.25) is 0 Å². The van der Waals surface area contributed by atoms with Crippen molar-refractivity contribution >= 4 is 17.1 Å². The maximum Gasteiger partial charge on any atom is 0.415 e. The van der Waals surface area contributed by atoms with E-state index in [9.17, 15) is 9.59 Å². The zero-order valence-electron chi connectivity index (χ0n) is 17.6. The van der Waals surface area contributed by atoms with Gasteiger partial charge in [-0.25, -0.2) is 9.59 Å². The molecule has 8 nitrogen and oxygen atoms in total. The fourth-order valence-electron chi connectivity index (χ4n) is 3.64. The smallest absolute Gasteiger partial charge is 0.415 e. The molecule has 1 amide bonds. The molecule has 162 valence electrons. The van der Waals surface area contributed by atoms with Gasteiger partial charge in [-0.1, -0.05) is 6.07 Å². The van der Waals surface area contributed by atoms with E-state index in [1.165, 1.54) is 7.11 Å². The molecule has 1 aromatic heterocycles. The van der Waals surface area contributed by atoms with Gasteiger partial charge < -0.3 is 28.3 Å². The second-order valence-corrected chi connectivity index (χ2v) is 7.08. The molecule has 1 fully saturated rings. The van der Waals surface area contributed by atoms with Gasteiger partial charge in [-0.05, 0) is 42.3 Å². The Balaban J connectivity index is 1.69. The lowest BCUT2D eigenvalue weighted by Gasteiger charge is -2.25. The standard InChI is InChI=1S/C23H23NO7/c1-14-17-6-5-16(30-23(26)24-8-10-29-11-9-24)13-19(17)31-22(25)21(14)15-4-7-18(27-2)20(12-15)28-3/h4-7,12-13H,8-11H2,1-3H3. The number of morpholine rings is 1. The maximum absolute atomic E-state index is 12.8. The van der Waals surface area contributed by atoms with Crippen molar-refractivity contribution in [1.29, 1.82) is 0 Å². The summed E-state index contributed by atoms with van der Waals surface area (Å²) in [5, 5.41) is 0.746. The van der Waals surface area contributed by atoms with E-state index in [1.807, 2.05) is 6.92 Å². The Morgan fingerprint density at radius 3 is 2.45 bits per heavy atom. The van der Waals surface area contributed by atoms with E-state index < -0.39 is 11.7 Å². The van der Waals surface area contributed by atoms with E-state index in [0.29, 0.717) is 60.3 Å². The van der Waals surface area contributed by atoms with Crippen molar-refractivity contribution in [2.75, 3.05) is 40.5 Å². The SMILES string of the molecule is COc1ccc(-c2c(C)c3ccc(OC(=O)N4CCOCC4)cc3oc2=O)cc1OC. The van der Waals surface area contributed by atoms with Crippen molar-refractivity contribution in [1.82, 2.24) is 4.90 Å². The average molecular weight is 425 g/mol. The van der Waals surface area contributed by atoms with Gasteiger partial charge in [0.05, 0.1) is 33.0 Å². The molecule has 1 aliphatic rings. The molecule has 31 heavy (non-hydrogen) atoms. The first-order valence-electron chi connectivity index (χ1n) is 9.86. The summed E-state index contributed by atoms with van der Waals surface area (Å²) in [6.07, 6.45) is -0.455. The van der Waals surface area contributed by atoms with Gasteiger partial charge in [-0.2, -0.15) is 0 Å². The van der Waals surface area contributed by atoms with Crippen molar-refractivity contribution in [3.63, 3.8) is 0 Å². The number of aryl methyl sites for hydroxylation is 1. The lowest BCUT2D eigenvalue weighted by molar-refractivity contribution is 0.0416. The minimum Gasteiger partial charge on any atom is -0.493 e. The van der Waals surface area contributed by atoms with Gasteiger partial charge in [0.1, 0.15) is 11.3 Å². The third kappa shape index (κ3) is 4.06. The number of amides is 1. The van der Waals surface area contributed by atoms with Crippen LogP contribution in [-0.2, 0) is 4.74 Å². The van der Waals surface area contributed by atoms with Crippen LogP contribution in [0.4, 0.5) is 4.79 Å². The van der Waals surface area contributed by atoms with Crippen molar-refractivity contribution in [2.24, 2.45) is 0 Å². The first kappa shape index (κ1) is 20.7. The number of ether oxygens (including phenoxy) is 4. The zero-order chi connectivity index (χ0) is 22.0. The normalized spacial score (nSPS) is 13.8. The summed E-state index contributed by atoms with van der Waals surface area (Å²) in [5.41, 5.74) is 1.71. The summed E-state index contributed by atoms with van der Waals surface area (Å²) in [4.78, 5) is 26.7. The Hall–Kier alpha value is -3.52. The minimum absolute atomic E-state index is 0.311. The van der Waals surface area contributed by atoms with E-state index in [0.717, 1.165) is 10.9 Å². The zero-order valence-corrected chi connectivity index (χ0v) is 17.6. The molecule has 8 heteroatoms. The molecule has 0 spiro atoms. The van der Waals surface area contributed by atoms with Gasteiger partial charge in [0.15, 0.2) is 11.5 Å². The predicted molar refractivity (Wildman–Crippen MR) is 114 cm³/mol. The Morgan fingerprint density at radius 1 is 1.00 bits per heavy atom. The average Bonchev–Trinajstić information content (AvgIpc) is 2.79. The molecule has 0 atom stereocenters. The van der Waals surface area contributed by atoms with Gasteiger partial charge in [-0.15, -0.1) is 0 Å². The van der Waals surface area contributed by atoms with Crippen LogP contribution in [0.15, 0.2) is 45.6 Å². The van der Waals surface area contributed by atoms with Crippen LogP contribution in [0, 0.1) is 6.92 Å². The van der Waals surface area contributed by atoms with Crippen LogP contribution in [0.5, 0.6) is 17.2 Å². The second kappa shape index (κ2) is 8.69. The monoisotopic (exact) mass is 425 g/mol. The Kier molecular flexibility index (Phi) is 5.81. The van der Waals surface area contributed by atoms with E-state index in [-0.39, 0.29) is 0 Å². The molecule has 0 aliphatic carbocycles. The molecule has 1 saturated heterocycles. The fourth-order valence-corrected chi connectivity index (χ4v) is 3.64. The number of carbonyl (C=O) groups excluding carboxylic acids is 1. The number of hydrogen-bond acceptors (Lipinski definition) is 7. The molecule has 3 aromatic rings. The third-order valence-corrected chi connectivity index (χ3v) is 5.29. The Bertz CT molecular complexity index is 1180. The van der Waals surface area contributed by atoms with E-state index >= 15 is 0 Å². The van der Waals surface area contributed by atoms with Crippen molar-refractivity contribution in [3.05, 3.63) is 52.4 Å². The highest BCUT2D eigenvalue weighted by Crippen LogP contribution is 2.34. The molecule has 0 saturated carbocycles. The number of carbonyl (C=O) groups is 1. The molecule has 0 bridgehead atoms. The summed E-state index contributed by atoms with van der Waals surface area (Å²) < 4.78 is 26.9. The van der Waals surface area contributed by atoms with Crippen molar-refractivity contribution in [3.8, 4) is 28.4 Å². The highest BCUT2D eigenvalue weighted by molar-refractivity contribution is 5.88. The van der Waals surface area contributed by atoms with Crippen LogP contribution in [0.1, 0.15) is 5.56 Å². The number of benzene rings is 2. The highest BCUT2D eigenvalue weighted by Gasteiger charge is 2.20. The number of fused-ring (bicyclic) bond motifs is 1. The van der Waals surface area contributed by atoms with Gasteiger partial charge in [0, 0.05) is 24.5 Å². The minimum atomic E-state index is -0.492. The number of hydrogen-bond donors (Lipinski definition) is 0. The van der Waals surface area contributed by atoms with Crippen LogP contribution < -0.4 is 19.8 Å². The summed E-state index contributed by atoms with van der Waals surface area (Å²) >= 11 is 0. The Labute approximate surface area is 178 Å². The van der Waals surface area contributed by atoms with E-state index in [4.69, 9.17) is 23.4 Å². The quantitative estimate of drug-likeness (QED) is 0.590. The topological polar surface area (TPSA) is 87.4 Å². The molecular weight excluding hydrogens is 402 g/mol. The molecule has 0 radical (unpaired) electrons. The predicted octanol–water partition coefficient (Wildman–Crippen LogP) is 3.62. The number of methoxy groups -OCH3 is 2. The van der Waals surface area contributed by atoms with E-state index in [2.05, 4.69) is 0 Å². The first-order valence-corrected chi connectivity index (χ1v) is 9.86. The molecule has 1 aliphatic heterocycles. The molecular formula is C23H23NO7. The van der Waals surface area contributed by atoms with Crippen LogP contribution in [0.2, 0.25) is 0 Å². The summed E-state index contributed by atoms with van der Waals surface area (Å²) in [5.74, 6) is 1.40. The van der Waals surface area contributed by atoms with Crippen LogP contribution in [0.25, 0.3) is 22.1 Å². The van der Waals surface area contributed by atoms with Crippen LogP contribution in [-0.4, -0.2) is 51.5 Å². The molecule has 2 heterocycles. The number of rotatable bonds is 4. The van der Waals surface area contributed by atoms with Crippen LogP contribution >= 0.6 is 0 Å². The fraction of sp³-hybridized carbons (Fsp3) is 0.304. The van der Waals surface area contributed by atoms with E-state index in [1.54, 1.807) is 48.4 Å². The van der Waals surface area contributed by atoms with Crippen molar-refractivity contribution < 1.29 is 28.2 Å². The lowest BCUT2D eigenvalue weighted by atomic mass is 9.99. The highest BCUT2D eigenvalue weighted by atomic mass is 16.6. The Morgan fingerprint density at radius 2 is 1.74 bits per heavy atom. The molecule has 0 unspecified atom stereocenters.